The maximum Gasteiger partial charge on any atom is 0.325 e. The lowest BCUT2D eigenvalue weighted by Gasteiger charge is -2.35. The van der Waals surface area contributed by atoms with Crippen LogP contribution in [0.2, 0.25) is 5.02 Å². The first-order chi connectivity index (χ1) is 12.4. The van der Waals surface area contributed by atoms with Crippen LogP contribution in [0.5, 0.6) is 0 Å². The molecule has 138 valence electrons. The lowest BCUT2D eigenvalue weighted by atomic mass is 10.1. The fourth-order valence-electron chi connectivity index (χ4n) is 2.79. The molecule has 3 amide bonds. The number of amidine groups is 1. The number of nitrogens with zero attached hydrogens (tertiary/aromatic N) is 3. The summed E-state index contributed by atoms with van der Waals surface area (Å²) in [5.74, 6) is 0.257. The summed E-state index contributed by atoms with van der Waals surface area (Å²) in [5.41, 5.74) is 0.981. The average molecular weight is 413 g/mol. The van der Waals surface area contributed by atoms with E-state index < -0.39 is 18.2 Å². The highest BCUT2D eigenvalue weighted by molar-refractivity contribution is 8.13. The molecular formula is C17H18Cl2N4O2S. The number of thioether (sulfide) groups is 1. The van der Waals surface area contributed by atoms with E-state index in [0.29, 0.717) is 27.5 Å². The van der Waals surface area contributed by atoms with Gasteiger partial charge in [-0.15, -0.1) is 0 Å². The van der Waals surface area contributed by atoms with Gasteiger partial charge in [0, 0.05) is 29.4 Å². The second kappa shape index (κ2) is 7.90. The van der Waals surface area contributed by atoms with Crippen molar-refractivity contribution in [3.05, 3.63) is 46.0 Å². The minimum Gasteiger partial charge on any atom is -0.332 e. The third kappa shape index (κ3) is 3.84. The number of carbonyl (C=O) groups excluding carboxylic acids is 2. The Labute approximate surface area is 166 Å². The molecular weight excluding hydrogens is 395 g/mol. The van der Waals surface area contributed by atoms with Crippen LogP contribution in [-0.2, 0) is 10.5 Å². The smallest absolute Gasteiger partial charge is 0.325 e. The Bertz CT molecular complexity index is 795. The van der Waals surface area contributed by atoms with Crippen molar-refractivity contribution in [3.63, 3.8) is 0 Å². The lowest BCUT2D eigenvalue weighted by molar-refractivity contribution is -0.126. The molecule has 9 heteroatoms. The Morgan fingerprint density at radius 3 is 2.81 bits per heavy atom. The van der Waals surface area contributed by atoms with Crippen LogP contribution in [0.1, 0.15) is 12.5 Å². The van der Waals surface area contributed by atoms with Gasteiger partial charge in [-0.25, -0.2) is 9.79 Å². The van der Waals surface area contributed by atoms with E-state index in [0.717, 1.165) is 5.56 Å². The van der Waals surface area contributed by atoms with Crippen molar-refractivity contribution >= 4 is 52.1 Å². The van der Waals surface area contributed by atoms with E-state index in [9.17, 15) is 9.59 Å². The summed E-state index contributed by atoms with van der Waals surface area (Å²) in [5, 5.41) is 4.37. The summed E-state index contributed by atoms with van der Waals surface area (Å²) < 4.78 is 0. The molecule has 3 rings (SSSR count). The van der Waals surface area contributed by atoms with Crippen molar-refractivity contribution < 1.29 is 9.59 Å². The number of rotatable bonds is 4. The van der Waals surface area contributed by atoms with Gasteiger partial charge in [0.15, 0.2) is 17.4 Å². The normalized spacial score (nSPS) is 23.1. The predicted molar refractivity (Wildman–Crippen MR) is 105 cm³/mol. The van der Waals surface area contributed by atoms with Gasteiger partial charge in [0.05, 0.1) is 0 Å². The first-order valence-corrected chi connectivity index (χ1v) is 9.73. The molecule has 1 aromatic carbocycles. The number of halogens is 2. The van der Waals surface area contributed by atoms with Gasteiger partial charge in [-0.2, -0.15) is 0 Å². The number of aliphatic imine (C=N–C) groups is 1. The van der Waals surface area contributed by atoms with Crippen molar-refractivity contribution in [2.24, 2.45) is 4.99 Å². The molecule has 0 aliphatic carbocycles. The van der Waals surface area contributed by atoms with Gasteiger partial charge in [-0.05, 0) is 18.6 Å². The third-order valence-corrected chi connectivity index (χ3v) is 5.78. The summed E-state index contributed by atoms with van der Waals surface area (Å²) >= 11 is 13.7. The van der Waals surface area contributed by atoms with E-state index in [2.05, 4.69) is 10.3 Å². The van der Waals surface area contributed by atoms with Gasteiger partial charge in [0.2, 0.25) is 0 Å². The number of benzene rings is 1. The van der Waals surface area contributed by atoms with Gasteiger partial charge in [0.1, 0.15) is 0 Å². The first-order valence-electron chi connectivity index (χ1n) is 7.99. The minimum absolute atomic E-state index is 0.351. The summed E-state index contributed by atoms with van der Waals surface area (Å²) in [6.45, 7) is 2.21. The molecule has 1 N–H and O–H groups in total. The fraction of sp³-hybridized carbons (Fsp3) is 0.353. The van der Waals surface area contributed by atoms with Gasteiger partial charge in [-0.3, -0.25) is 10.1 Å². The van der Waals surface area contributed by atoms with Crippen LogP contribution in [0.15, 0.2) is 40.4 Å². The molecule has 0 aromatic heterocycles. The predicted octanol–water partition coefficient (Wildman–Crippen LogP) is 3.26. The summed E-state index contributed by atoms with van der Waals surface area (Å²) in [6, 6.07) is 6.58. The number of hydrogen-bond acceptors (Lipinski definition) is 5. The van der Waals surface area contributed by atoms with Crippen LogP contribution < -0.4 is 5.32 Å². The van der Waals surface area contributed by atoms with Crippen molar-refractivity contribution in [1.82, 2.24) is 15.1 Å². The van der Waals surface area contributed by atoms with Gasteiger partial charge >= 0.3 is 6.03 Å². The fourth-order valence-corrected chi connectivity index (χ4v) is 4.22. The van der Waals surface area contributed by atoms with Crippen molar-refractivity contribution in [2.45, 2.75) is 24.9 Å². The summed E-state index contributed by atoms with van der Waals surface area (Å²) in [4.78, 5) is 32.2. The number of amides is 3. The van der Waals surface area contributed by atoms with Crippen LogP contribution >= 0.6 is 35.0 Å². The zero-order valence-corrected chi connectivity index (χ0v) is 16.6. The third-order valence-electron chi connectivity index (χ3n) is 4.21. The van der Waals surface area contributed by atoms with Crippen molar-refractivity contribution in [2.75, 3.05) is 13.6 Å². The summed E-state index contributed by atoms with van der Waals surface area (Å²) in [7, 11) is 1.63. The molecule has 0 saturated carbocycles. The highest BCUT2D eigenvalue weighted by Crippen LogP contribution is 2.31. The molecule has 1 aromatic rings. The number of carbonyl (C=O) groups is 2. The van der Waals surface area contributed by atoms with Crippen molar-refractivity contribution in [1.29, 1.82) is 0 Å². The molecule has 1 fully saturated rings. The zero-order valence-electron chi connectivity index (χ0n) is 14.3. The first kappa shape index (κ1) is 19.1. The average Bonchev–Trinajstić information content (AvgIpc) is 2.96. The van der Waals surface area contributed by atoms with Crippen LogP contribution in [0.25, 0.3) is 0 Å². The van der Waals surface area contributed by atoms with E-state index in [1.165, 1.54) is 16.7 Å². The zero-order chi connectivity index (χ0) is 18.8. The number of nitrogens with one attached hydrogen (secondary N) is 1. The maximum absolute atomic E-state index is 12.4. The molecule has 2 aliphatic heterocycles. The molecule has 2 unspecified atom stereocenters. The summed E-state index contributed by atoms with van der Waals surface area (Å²) in [6.07, 6.45) is 1.27. The Morgan fingerprint density at radius 2 is 2.12 bits per heavy atom. The molecule has 0 bridgehead atoms. The number of urea groups is 1. The Morgan fingerprint density at radius 1 is 1.38 bits per heavy atom. The topological polar surface area (TPSA) is 65.0 Å². The van der Waals surface area contributed by atoms with Crippen LogP contribution in [0.3, 0.4) is 0 Å². The van der Waals surface area contributed by atoms with E-state index in [4.69, 9.17) is 23.2 Å². The van der Waals surface area contributed by atoms with Gasteiger partial charge < -0.3 is 9.80 Å². The lowest BCUT2D eigenvalue weighted by Crippen LogP contribution is -2.63. The number of likely N-dealkylation sites (N-methyl/N-ethyl adjacent to an activating group) is 1. The molecule has 2 atom stereocenters. The van der Waals surface area contributed by atoms with E-state index in [1.54, 1.807) is 14.0 Å². The van der Waals surface area contributed by atoms with Crippen LogP contribution in [-0.4, -0.2) is 52.7 Å². The maximum atomic E-state index is 12.4. The molecule has 6 nitrogen and oxygen atoms in total. The Hall–Kier alpha value is -1.70. The van der Waals surface area contributed by atoms with Gasteiger partial charge in [-0.1, -0.05) is 59.2 Å². The van der Waals surface area contributed by atoms with E-state index in [1.807, 2.05) is 35.2 Å². The number of allylic oxidation sites excluding steroid dienone is 1. The minimum atomic E-state index is -0.571. The van der Waals surface area contributed by atoms with Gasteiger partial charge in [0.25, 0.3) is 5.91 Å². The highest BCUT2D eigenvalue weighted by Gasteiger charge is 2.48. The second-order valence-corrected chi connectivity index (χ2v) is 7.94. The number of hydrogen-bond donors (Lipinski definition) is 1. The number of fused-ring (bicyclic) bond motifs is 1. The standard InChI is InChI=1S/C17H18Cl2N4O2S/c1-10(18)7-8-23-13-14(22(2)16(25)21-15(13)24)20-17(23)26-9-11-5-3-4-6-12(11)19/h3-7,13-14H,8-9H2,1-2H3,(H,21,24,25)/b10-7+. The molecule has 2 aliphatic rings. The largest absolute Gasteiger partial charge is 0.332 e. The molecule has 1 saturated heterocycles. The monoisotopic (exact) mass is 412 g/mol. The molecule has 0 spiro atoms. The Kier molecular flexibility index (Phi) is 5.79. The molecule has 2 heterocycles. The SMILES string of the molecule is C/C(Cl)=C\CN1C(SCc2ccccc2Cl)=NC2C1C(=O)NC(=O)N2C. The quantitative estimate of drug-likeness (QED) is 0.823. The second-order valence-electron chi connectivity index (χ2n) is 6.00. The van der Waals surface area contributed by atoms with E-state index in [-0.39, 0.29) is 5.91 Å². The Balaban J connectivity index is 1.84. The number of imide groups is 1. The highest BCUT2D eigenvalue weighted by atomic mass is 35.5. The molecule has 0 radical (unpaired) electrons. The van der Waals surface area contributed by atoms with Crippen molar-refractivity contribution in [3.8, 4) is 0 Å². The van der Waals surface area contributed by atoms with Crippen LogP contribution in [0, 0.1) is 0 Å². The van der Waals surface area contributed by atoms with Crippen LogP contribution in [0.4, 0.5) is 4.79 Å². The van der Waals surface area contributed by atoms with E-state index >= 15 is 0 Å². The molecule has 26 heavy (non-hydrogen) atoms.